The summed E-state index contributed by atoms with van der Waals surface area (Å²) in [5.74, 6) is 0.958. The minimum Gasteiger partial charge on any atom is -0.393 e. The molecule has 1 unspecified atom stereocenters. The lowest BCUT2D eigenvalue weighted by molar-refractivity contribution is -0.120. The average Bonchev–Trinajstić information content (AvgIpc) is 2.51. The summed E-state index contributed by atoms with van der Waals surface area (Å²) in [5.41, 5.74) is 0. The lowest BCUT2D eigenvalue weighted by Crippen LogP contribution is -2.21. The fourth-order valence-electron chi connectivity index (χ4n) is 2.66. The van der Waals surface area contributed by atoms with Gasteiger partial charge in [-0.3, -0.25) is 0 Å². The SMILES string of the molecule is COC1C[C@H]2CC[C@@H](O)[C@@H](C)C[C@H]2O1. The number of hydrogen-bond acceptors (Lipinski definition) is 3. The summed E-state index contributed by atoms with van der Waals surface area (Å²) in [6.07, 6.45) is 4.15. The van der Waals surface area contributed by atoms with Crippen LogP contribution >= 0.6 is 0 Å². The topological polar surface area (TPSA) is 38.7 Å². The van der Waals surface area contributed by atoms with Gasteiger partial charge >= 0.3 is 0 Å². The van der Waals surface area contributed by atoms with E-state index in [9.17, 15) is 5.11 Å². The van der Waals surface area contributed by atoms with E-state index >= 15 is 0 Å². The molecule has 0 aromatic carbocycles. The normalized spacial score (nSPS) is 48.6. The molecule has 3 heteroatoms. The van der Waals surface area contributed by atoms with E-state index in [2.05, 4.69) is 6.92 Å². The van der Waals surface area contributed by atoms with E-state index in [1.165, 1.54) is 0 Å². The van der Waals surface area contributed by atoms with Crippen LogP contribution in [0.1, 0.15) is 32.6 Å². The fourth-order valence-corrected chi connectivity index (χ4v) is 2.66. The Morgan fingerprint density at radius 3 is 2.79 bits per heavy atom. The Balaban J connectivity index is 1.98. The van der Waals surface area contributed by atoms with Gasteiger partial charge in [0, 0.05) is 13.5 Å². The first kappa shape index (κ1) is 10.4. The van der Waals surface area contributed by atoms with E-state index < -0.39 is 0 Å². The lowest BCUT2D eigenvalue weighted by atomic mass is 9.95. The van der Waals surface area contributed by atoms with Crippen LogP contribution < -0.4 is 0 Å². The van der Waals surface area contributed by atoms with Crippen molar-refractivity contribution in [1.29, 1.82) is 0 Å². The Kier molecular flexibility index (Phi) is 3.10. The number of aliphatic hydroxyl groups excluding tert-OH is 1. The van der Waals surface area contributed by atoms with Crippen LogP contribution in [-0.2, 0) is 9.47 Å². The molecule has 82 valence electrons. The molecule has 1 saturated heterocycles. The monoisotopic (exact) mass is 200 g/mol. The third-order valence-corrected chi connectivity index (χ3v) is 3.70. The van der Waals surface area contributed by atoms with Gasteiger partial charge in [-0.15, -0.1) is 0 Å². The van der Waals surface area contributed by atoms with Crippen molar-refractivity contribution in [3.63, 3.8) is 0 Å². The Bertz CT molecular complexity index is 195. The zero-order valence-electron chi connectivity index (χ0n) is 8.98. The molecule has 3 nitrogen and oxygen atoms in total. The third-order valence-electron chi connectivity index (χ3n) is 3.70. The van der Waals surface area contributed by atoms with Gasteiger partial charge in [0.2, 0.25) is 0 Å². The second kappa shape index (κ2) is 4.17. The number of hydrogen-bond donors (Lipinski definition) is 1. The van der Waals surface area contributed by atoms with Crippen LogP contribution in [0, 0.1) is 11.8 Å². The van der Waals surface area contributed by atoms with E-state index in [0.29, 0.717) is 17.9 Å². The number of methoxy groups -OCH3 is 1. The van der Waals surface area contributed by atoms with Gasteiger partial charge in [-0.2, -0.15) is 0 Å². The first-order chi connectivity index (χ1) is 6.70. The summed E-state index contributed by atoms with van der Waals surface area (Å²) in [4.78, 5) is 0. The fraction of sp³-hybridized carbons (Fsp3) is 1.00. The first-order valence-corrected chi connectivity index (χ1v) is 5.57. The summed E-state index contributed by atoms with van der Waals surface area (Å²) in [5, 5.41) is 9.75. The van der Waals surface area contributed by atoms with Gasteiger partial charge in [0.05, 0.1) is 12.2 Å². The summed E-state index contributed by atoms with van der Waals surface area (Å²) < 4.78 is 11.0. The molecule has 2 aliphatic rings. The zero-order chi connectivity index (χ0) is 10.1. The molecule has 1 aliphatic heterocycles. The van der Waals surface area contributed by atoms with Crippen molar-refractivity contribution < 1.29 is 14.6 Å². The van der Waals surface area contributed by atoms with Crippen molar-refractivity contribution in [1.82, 2.24) is 0 Å². The second-order valence-electron chi connectivity index (χ2n) is 4.69. The molecule has 2 rings (SSSR count). The Hall–Kier alpha value is -0.120. The van der Waals surface area contributed by atoms with Crippen molar-refractivity contribution in [2.75, 3.05) is 7.11 Å². The molecule has 5 atom stereocenters. The predicted octanol–water partition coefficient (Wildman–Crippen LogP) is 1.54. The maximum atomic E-state index is 9.75. The smallest absolute Gasteiger partial charge is 0.157 e. The molecule has 0 aromatic heterocycles. The molecule has 1 saturated carbocycles. The molecule has 0 aromatic rings. The average molecular weight is 200 g/mol. The van der Waals surface area contributed by atoms with Crippen molar-refractivity contribution in [2.45, 2.75) is 51.1 Å². The van der Waals surface area contributed by atoms with Gasteiger partial charge < -0.3 is 14.6 Å². The maximum absolute atomic E-state index is 9.75. The van der Waals surface area contributed by atoms with Crippen LogP contribution in [-0.4, -0.2) is 30.7 Å². The van der Waals surface area contributed by atoms with Crippen molar-refractivity contribution in [3.8, 4) is 0 Å². The molecule has 0 spiro atoms. The molecule has 1 aliphatic carbocycles. The quantitative estimate of drug-likeness (QED) is 0.698. The third kappa shape index (κ3) is 1.95. The van der Waals surface area contributed by atoms with Crippen LogP contribution in [0.15, 0.2) is 0 Å². The van der Waals surface area contributed by atoms with Crippen molar-refractivity contribution in [2.24, 2.45) is 11.8 Å². The first-order valence-electron chi connectivity index (χ1n) is 5.57. The zero-order valence-corrected chi connectivity index (χ0v) is 8.98. The van der Waals surface area contributed by atoms with E-state index in [-0.39, 0.29) is 12.4 Å². The van der Waals surface area contributed by atoms with Gasteiger partial charge in [0.25, 0.3) is 0 Å². The molecule has 1 N–H and O–H groups in total. The highest BCUT2D eigenvalue weighted by Gasteiger charge is 2.39. The molecule has 2 fully saturated rings. The van der Waals surface area contributed by atoms with Crippen LogP contribution in [0.3, 0.4) is 0 Å². The molecule has 0 radical (unpaired) electrons. The van der Waals surface area contributed by atoms with Crippen LogP contribution in [0.2, 0.25) is 0 Å². The lowest BCUT2D eigenvalue weighted by Gasteiger charge is -2.19. The van der Waals surface area contributed by atoms with E-state index in [1.54, 1.807) is 7.11 Å². The van der Waals surface area contributed by atoms with E-state index in [0.717, 1.165) is 25.7 Å². The maximum Gasteiger partial charge on any atom is 0.157 e. The van der Waals surface area contributed by atoms with Gasteiger partial charge in [0.15, 0.2) is 6.29 Å². The van der Waals surface area contributed by atoms with Crippen LogP contribution in [0.4, 0.5) is 0 Å². The largest absolute Gasteiger partial charge is 0.393 e. The van der Waals surface area contributed by atoms with Crippen molar-refractivity contribution in [3.05, 3.63) is 0 Å². The molecular weight excluding hydrogens is 180 g/mol. The second-order valence-corrected chi connectivity index (χ2v) is 4.69. The Morgan fingerprint density at radius 1 is 1.29 bits per heavy atom. The molecule has 14 heavy (non-hydrogen) atoms. The minimum absolute atomic E-state index is 0.00700. The number of aliphatic hydroxyl groups is 1. The van der Waals surface area contributed by atoms with Crippen molar-refractivity contribution >= 4 is 0 Å². The van der Waals surface area contributed by atoms with Crippen LogP contribution in [0.25, 0.3) is 0 Å². The van der Waals surface area contributed by atoms with Gasteiger partial charge in [0.1, 0.15) is 0 Å². The molecular formula is C11H20O3. The van der Waals surface area contributed by atoms with Crippen LogP contribution in [0.5, 0.6) is 0 Å². The molecule has 0 amide bonds. The van der Waals surface area contributed by atoms with Gasteiger partial charge in [-0.1, -0.05) is 6.92 Å². The Morgan fingerprint density at radius 2 is 2.07 bits per heavy atom. The summed E-state index contributed by atoms with van der Waals surface area (Å²) in [6.45, 7) is 2.11. The number of fused-ring (bicyclic) bond motifs is 1. The number of ether oxygens (including phenoxy) is 2. The number of rotatable bonds is 1. The molecule has 1 heterocycles. The highest BCUT2D eigenvalue weighted by atomic mass is 16.7. The van der Waals surface area contributed by atoms with Gasteiger partial charge in [-0.25, -0.2) is 0 Å². The summed E-state index contributed by atoms with van der Waals surface area (Å²) in [6, 6.07) is 0. The highest BCUT2D eigenvalue weighted by molar-refractivity contribution is 4.86. The van der Waals surface area contributed by atoms with Gasteiger partial charge in [-0.05, 0) is 31.1 Å². The minimum atomic E-state index is -0.134. The van der Waals surface area contributed by atoms with E-state index in [4.69, 9.17) is 9.47 Å². The highest BCUT2D eigenvalue weighted by Crippen LogP contribution is 2.38. The molecule has 0 bridgehead atoms. The summed E-state index contributed by atoms with van der Waals surface area (Å²) >= 11 is 0. The summed E-state index contributed by atoms with van der Waals surface area (Å²) in [7, 11) is 1.70. The Labute approximate surface area is 85.4 Å². The standard InChI is InChI=1S/C11H20O3/c1-7-5-10-8(3-4-9(7)12)6-11(13-2)14-10/h7-12H,3-6H2,1-2H3/t7-,8+,9+,10+,11?/m0/s1. The predicted molar refractivity (Wildman–Crippen MR) is 52.8 cm³/mol. The van der Waals surface area contributed by atoms with E-state index in [1.807, 2.05) is 0 Å².